The minimum atomic E-state index is -4.05. The quantitative estimate of drug-likeness (QED) is 0.842. The zero-order chi connectivity index (χ0) is 13.0. The van der Waals surface area contributed by atoms with Gasteiger partial charge in [0.1, 0.15) is 0 Å². The number of nitrogens with one attached hydrogen (secondary N) is 1. The molecule has 1 nitrogen and oxygen atoms in total. The largest absolute Gasteiger partial charge is 0.392 e. The zero-order valence-electron chi connectivity index (χ0n) is 10.2. The maximum Gasteiger partial charge on any atom is 0.392 e. The Balaban J connectivity index is 1.94. The Morgan fingerprint density at radius 3 is 2.39 bits per heavy atom. The van der Waals surface area contributed by atoms with Crippen molar-refractivity contribution in [1.29, 1.82) is 0 Å². The Kier molecular flexibility index (Phi) is 4.15. The van der Waals surface area contributed by atoms with Gasteiger partial charge in [-0.2, -0.15) is 13.2 Å². The molecule has 1 aliphatic carbocycles. The second kappa shape index (κ2) is 5.63. The first kappa shape index (κ1) is 13.2. The van der Waals surface area contributed by atoms with Gasteiger partial charge in [0, 0.05) is 12.2 Å². The zero-order valence-corrected chi connectivity index (χ0v) is 10.2. The van der Waals surface area contributed by atoms with Crippen LogP contribution in [-0.2, 0) is 0 Å². The molecule has 2 atom stereocenters. The van der Waals surface area contributed by atoms with Crippen molar-refractivity contribution in [3.63, 3.8) is 0 Å². The molecule has 0 radical (unpaired) electrons. The molecule has 1 saturated carbocycles. The highest BCUT2D eigenvalue weighted by molar-refractivity contribution is 5.42. The predicted molar refractivity (Wildman–Crippen MR) is 66.4 cm³/mol. The van der Waals surface area contributed by atoms with Crippen molar-refractivity contribution < 1.29 is 13.2 Å². The lowest BCUT2D eigenvalue weighted by Crippen LogP contribution is -2.36. The minimum absolute atomic E-state index is 0.282. The maximum absolute atomic E-state index is 12.9. The van der Waals surface area contributed by atoms with E-state index in [-0.39, 0.29) is 12.3 Å². The van der Waals surface area contributed by atoms with E-state index in [2.05, 4.69) is 5.32 Å². The SMILES string of the molecule is FC(F)(F)C1CCCCC1CNc1ccccc1. The van der Waals surface area contributed by atoms with E-state index in [1.165, 1.54) is 0 Å². The lowest BCUT2D eigenvalue weighted by atomic mass is 9.78. The number of hydrogen-bond donors (Lipinski definition) is 1. The fourth-order valence-electron chi connectivity index (χ4n) is 2.69. The number of halogens is 3. The molecule has 0 saturated heterocycles. The molecule has 0 bridgehead atoms. The second-order valence-corrected chi connectivity index (χ2v) is 4.94. The molecule has 4 heteroatoms. The summed E-state index contributed by atoms with van der Waals surface area (Å²) >= 11 is 0. The molecule has 1 N–H and O–H groups in total. The molecule has 1 fully saturated rings. The third-order valence-electron chi connectivity index (χ3n) is 3.67. The molecule has 0 aliphatic heterocycles. The van der Waals surface area contributed by atoms with Crippen molar-refractivity contribution in [3.05, 3.63) is 30.3 Å². The smallest absolute Gasteiger partial charge is 0.385 e. The van der Waals surface area contributed by atoms with Gasteiger partial charge in [0.2, 0.25) is 0 Å². The van der Waals surface area contributed by atoms with Crippen LogP contribution in [0.5, 0.6) is 0 Å². The number of alkyl halides is 3. The third kappa shape index (κ3) is 3.40. The van der Waals surface area contributed by atoms with Gasteiger partial charge in [0.15, 0.2) is 0 Å². The van der Waals surface area contributed by atoms with Crippen LogP contribution in [0.4, 0.5) is 18.9 Å². The van der Waals surface area contributed by atoms with E-state index >= 15 is 0 Å². The van der Waals surface area contributed by atoms with Gasteiger partial charge in [-0.05, 0) is 30.9 Å². The number of anilines is 1. The Morgan fingerprint density at radius 1 is 1.06 bits per heavy atom. The fraction of sp³-hybridized carbons (Fsp3) is 0.571. The van der Waals surface area contributed by atoms with Crippen LogP contribution < -0.4 is 5.32 Å². The van der Waals surface area contributed by atoms with Crippen molar-refractivity contribution in [2.45, 2.75) is 31.9 Å². The molecule has 1 aromatic carbocycles. The molecule has 0 aromatic heterocycles. The van der Waals surface area contributed by atoms with Crippen LogP contribution in [0.2, 0.25) is 0 Å². The monoisotopic (exact) mass is 257 g/mol. The fourth-order valence-corrected chi connectivity index (χ4v) is 2.69. The highest BCUT2D eigenvalue weighted by Crippen LogP contribution is 2.41. The number of hydrogen-bond acceptors (Lipinski definition) is 1. The summed E-state index contributed by atoms with van der Waals surface area (Å²) in [6.45, 7) is 0.411. The van der Waals surface area contributed by atoms with E-state index in [1.807, 2.05) is 30.3 Å². The van der Waals surface area contributed by atoms with Crippen LogP contribution in [0.3, 0.4) is 0 Å². The van der Waals surface area contributed by atoms with Crippen molar-refractivity contribution in [2.24, 2.45) is 11.8 Å². The average Bonchev–Trinajstić information content (AvgIpc) is 2.37. The summed E-state index contributed by atoms with van der Waals surface area (Å²) in [6, 6.07) is 9.41. The first-order valence-corrected chi connectivity index (χ1v) is 6.43. The van der Waals surface area contributed by atoms with Crippen LogP contribution in [0.25, 0.3) is 0 Å². The summed E-state index contributed by atoms with van der Waals surface area (Å²) in [5.41, 5.74) is 0.893. The molecule has 2 rings (SSSR count). The minimum Gasteiger partial charge on any atom is -0.385 e. The van der Waals surface area contributed by atoms with Crippen molar-refractivity contribution in [1.82, 2.24) is 0 Å². The van der Waals surface area contributed by atoms with Gasteiger partial charge in [0.25, 0.3) is 0 Å². The molecular weight excluding hydrogens is 239 g/mol. The van der Waals surface area contributed by atoms with Gasteiger partial charge in [-0.3, -0.25) is 0 Å². The Hall–Kier alpha value is -1.19. The molecule has 0 spiro atoms. The van der Waals surface area contributed by atoms with Gasteiger partial charge in [-0.15, -0.1) is 0 Å². The third-order valence-corrected chi connectivity index (χ3v) is 3.67. The molecule has 18 heavy (non-hydrogen) atoms. The normalized spacial score (nSPS) is 24.8. The predicted octanol–water partition coefficient (Wildman–Crippen LogP) is 4.47. The Labute approximate surface area is 105 Å². The van der Waals surface area contributed by atoms with E-state index in [0.29, 0.717) is 19.4 Å². The first-order valence-electron chi connectivity index (χ1n) is 6.43. The standard InChI is InChI=1S/C14H18F3N/c15-14(16,17)13-9-5-4-6-11(13)10-18-12-7-2-1-3-8-12/h1-3,7-8,11,13,18H,4-6,9-10H2. The summed E-state index contributed by atoms with van der Waals surface area (Å²) in [5, 5.41) is 3.12. The molecule has 1 aliphatic rings. The Morgan fingerprint density at radius 2 is 1.72 bits per heavy atom. The van der Waals surface area contributed by atoms with E-state index < -0.39 is 12.1 Å². The van der Waals surface area contributed by atoms with Gasteiger partial charge in [-0.1, -0.05) is 31.0 Å². The molecule has 2 unspecified atom stereocenters. The maximum atomic E-state index is 12.9. The van der Waals surface area contributed by atoms with E-state index in [0.717, 1.165) is 12.1 Å². The van der Waals surface area contributed by atoms with Gasteiger partial charge >= 0.3 is 6.18 Å². The summed E-state index contributed by atoms with van der Waals surface area (Å²) in [5.74, 6) is -1.43. The van der Waals surface area contributed by atoms with Crippen LogP contribution in [0, 0.1) is 11.8 Å². The van der Waals surface area contributed by atoms with Crippen LogP contribution in [0.1, 0.15) is 25.7 Å². The summed E-state index contributed by atoms with van der Waals surface area (Å²) in [6.07, 6.45) is -1.49. The van der Waals surface area contributed by atoms with Crippen LogP contribution in [0.15, 0.2) is 30.3 Å². The summed E-state index contributed by atoms with van der Waals surface area (Å²) in [7, 11) is 0. The topological polar surface area (TPSA) is 12.0 Å². The van der Waals surface area contributed by atoms with Gasteiger partial charge in [-0.25, -0.2) is 0 Å². The van der Waals surface area contributed by atoms with E-state index in [1.54, 1.807) is 0 Å². The van der Waals surface area contributed by atoms with E-state index in [9.17, 15) is 13.2 Å². The lowest BCUT2D eigenvalue weighted by Gasteiger charge is -2.33. The second-order valence-electron chi connectivity index (χ2n) is 4.94. The van der Waals surface area contributed by atoms with E-state index in [4.69, 9.17) is 0 Å². The first-order chi connectivity index (χ1) is 8.57. The molecule has 0 heterocycles. The highest BCUT2D eigenvalue weighted by Gasteiger charge is 2.45. The van der Waals surface area contributed by atoms with Crippen molar-refractivity contribution >= 4 is 5.69 Å². The van der Waals surface area contributed by atoms with Crippen molar-refractivity contribution in [3.8, 4) is 0 Å². The van der Waals surface area contributed by atoms with Crippen LogP contribution in [-0.4, -0.2) is 12.7 Å². The van der Waals surface area contributed by atoms with Crippen LogP contribution >= 0.6 is 0 Å². The molecular formula is C14H18F3N. The molecule has 100 valence electrons. The number of rotatable bonds is 3. The summed E-state index contributed by atoms with van der Waals surface area (Å²) < 4.78 is 38.7. The van der Waals surface area contributed by atoms with Gasteiger partial charge < -0.3 is 5.32 Å². The Bertz CT molecular complexity index is 361. The van der Waals surface area contributed by atoms with Gasteiger partial charge in [0.05, 0.1) is 5.92 Å². The van der Waals surface area contributed by atoms with Crippen molar-refractivity contribution in [2.75, 3.05) is 11.9 Å². The summed E-state index contributed by atoms with van der Waals surface area (Å²) in [4.78, 5) is 0. The lowest BCUT2D eigenvalue weighted by molar-refractivity contribution is -0.194. The number of benzene rings is 1. The number of para-hydroxylation sites is 1. The molecule has 1 aromatic rings. The average molecular weight is 257 g/mol. The highest BCUT2D eigenvalue weighted by atomic mass is 19.4. The molecule has 0 amide bonds.